The Morgan fingerprint density at radius 2 is 2.07 bits per heavy atom. The van der Waals surface area contributed by atoms with E-state index in [4.69, 9.17) is 0 Å². The summed E-state index contributed by atoms with van der Waals surface area (Å²) in [6.45, 7) is 9.74. The largest absolute Gasteiger partial charge is 0.337 e. The van der Waals surface area contributed by atoms with Crippen LogP contribution in [0.5, 0.6) is 0 Å². The molecule has 0 unspecified atom stereocenters. The molecule has 6 heteroatoms. The van der Waals surface area contributed by atoms with Gasteiger partial charge in [-0.1, -0.05) is 32.0 Å². The first kappa shape index (κ1) is 19.5. The van der Waals surface area contributed by atoms with Gasteiger partial charge in [0.25, 0.3) is 0 Å². The Kier molecular flexibility index (Phi) is 6.26. The third kappa shape index (κ3) is 4.75. The summed E-state index contributed by atoms with van der Waals surface area (Å²) in [5.41, 5.74) is 0.718. The average Bonchev–Trinajstić information content (AvgIpc) is 3.06. The minimum absolute atomic E-state index is 0.155. The van der Waals surface area contributed by atoms with Crippen LogP contribution in [0.25, 0.3) is 0 Å². The number of aryl methyl sites for hydroxylation is 2. The number of benzene rings is 1. The smallest absolute Gasteiger partial charge is 0.224 e. The first-order chi connectivity index (χ1) is 13.0. The third-order valence-corrected chi connectivity index (χ3v) is 5.43. The van der Waals surface area contributed by atoms with Crippen LogP contribution in [0.3, 0.4) is 0 Å². The fraction of sp³-hybridized carbons (Fsp3) is 0.524. The van der Waals surface area contributed by atoms with Crippen molar-refractivity contribution >= 4 is 5.91 Å². The molecule has 1 amide bonds. The van der Waals surface area contributed by atoms with E-state index in [1.165, 1.54) is 6.07 Å². The van der Waals surface area contributed by atoms with Gasteiger partial charge >= 0.3 is 0 Å². The van der Waals surface area contributed by atoms with E-state index in [9.17, 15) is 9.18 Å². The summed E-state index contributed by atoms with van der Waals surface area (Å²) in [5, 5.41) is 0. The molecule has 27 heavy (non-hydrogen) atoms. The zero-order valence-electron chi connectivity index (χ0n) is 16.4. The molecule has 1 saturated heterocycles. The lowest BCUT2D eigenvalue weighted by atomic mass is 9.98. The van der Waals surface area contributed by atoms with Crippen LogP contribution in [-0.4, -0.2) is 50.9 Å². The maximum Gasteiger partial charge on any atom is 0.224 e. The number of rotatable bonds is 6. The Labute approximate surface area is 160 Å². The van der Waals surface area contributed by atoms with E-state index >= 15 is 0 Å². The van der Waals surface area contributed by atoms with Gasteiger partial charge in [0.1, 0.15) is 11.6 Å². The number of amides is 1. The van der Waals surface area contributed by atoms with E-state index in [-0.39, 0.29) is 17.8 Å². The number of halogens is 1. The van der Waals surface area contributed by atoms with Gasteiger partial charge in [-0.2, -0.15) is 0 Å². The van der Waals surface area contributed by atoms with Gasteiger partial charge in [-0.15, -0.1) is 0 Å². The second-order valence-electron chi connectivity index (χ2n) is 7.64. The molecule has 2 heterocycles. The molecular weight excluding hydrogens is 343 g/mol. The second kappa shape index (κ2) is 8.65. The number of piperazine rings is 1. The Morgan fingerprint density at radius 3 is 2.74 bits per heavy atom. The van der Waals surface area contributed by atoms with Crippen LogP contribution in [0.15, 0.2) is 36.7 Å². The van der Waals surface area contributed by atoms with Crippen LogP contribution < -0.4 is 0 Å². The topological polar surface area (TPSA) is 41.4 Å². The Bertz CT molecular complexity index is 773. The predicted molar refractivity (Wildman–Crippen MR) is 104 cm³/mol. The van der Waals surface area contributed by atoms with Crippen molar-refractivity contribution in [2.24, 2.45) is 5.92 Å². The predicted octanol–water partition coefficient (Wildman–Crippen LogP) is 3.09. The van der Waals surface area contributed by atoms with Gasteiger partial charge in [0.15, 0.2) is 0 Å². The van der Waals surface area contributed by atoms with Gasteiger partial charge in [-0.05, 0) is 18.9 Å². The van der Waals surface area contributed by atoms with Crippen molar-refractivity contribution < 1.29 is 9.18 Å². The van der Waals surface area contributed by atoms with Gasteiger partial charge in [-0.25, -0.2) is 9.37 Å². The van der Waals surface area contributed by atoms with Gasteiger partial charge in [-0.3, -0.25) is 9.69 Å². The van der Waals surface area contributed by atoms with Crippen LogP contribution in [0, 0.1) is 18.7 Å². The third-order valence-electron chi connectivity index (χ3n) is 5.43. The highest BCUT2D eigenvalue weighted by Crippen LogP contribution is 2.21. The Balaban J connectivity index is 1.61. The monoisotopic (exact) mass is 372 g/mol. The van der Waals surface area contributed by atoms with Crippen LogP contribution in [0.4, 0.5) is 4.39 Å². The highest BCUT2D eigenvalue weighted by atomic mass is 19.1. The standard InChI is InChI=1S/C21H29FN4O/c1-16(2)20-15-24(14-18-6-4-5-7-19(18)22)12-13-26(20)21(27)8-10-25-11-9-23-17(25)3/h4-7,9,11,16,20H,8,10,12-15H2,1-3H3/t20-/m1/s1. The van der Waals surface area contributed by atoms with Crippen LogP contribution >= 0.6 is 0 Å². The molecule has 3 rings (SSSR count). The Morgan fingerprint density at radius 1 is 1.30 bits per heavy atom. The number of nitrogens with zero attached hydrogens (tertiary/aromatic N) is 4. The molecule has 1 fully saturated rings. The van der Waals surface area contributed by atoms with Crippen molar-refractivity contribution in [1.29, 1.82) is 0 Å². The molecule has 1 aliphatic heterocycles. The minimum atomic E-state index is -0.159. The zero-order valence-corrected chi connectivity index (χ0v) is 16.4. The zero-order chi connectivity index (χ0) is 19.4. The summed E-state index contributed by atoms with van der Waals surface area (Å²) in [6.07, 6.45) is 4.15. The Hall–Kier alpha value is -2.21. The highest BCUT2D eigenvalue weighted by Gasteiger charge is 2.32. The maximum absolute atomic E-state index is 14.0. The molecule has 0 N–H and O–H groups in total. The molecule has 2 aromatic rings. The van der Waals surface area contributed by atoms with Gasteiger partial charge < -0.3 is 9.47 Å². The van der Waals surface area contributed by atoms with Crippen molar-refractivity contribution in [2.45, 2.75) is 46.3 Å². The van der Waals surface area contributed by atoms with E-state index in [2.05, 4.69) is 23.7 Å². The summed E-state index contributed by atoms with van der Waals surface area (Å²) >= 11 is 0. The second-order valence-corrected chi connectivity index (χ2v) is 7.64. The van der Waals surface area contributed by atoms with Crippen LogP contribution in [0.1, 0.15) is 31.7 Å². The van der Waals surface area contributed by atoms with Gasteiger partial charge in [0.05, 0.1) is 0 Å². The van der Waals surface area contributed by atoms with Crippen LogP contribution in [-0.2, 0) is 17.9 Å². The number of imidazole rings is 1. The number of hydrogen-bond acceptors (Lipinski definition) is 3. The molecule has 0 radical (unpaired) electrons. The van der Waals surface area contributed by atoms with Gasteiger partial charge in [0.2, 0.25) is 5.91 Å². The van der Waals surface area contributed by atoms with Crippen molar-refractivity contribution in [3.05, 3.63) is 53.9 Å². The molecule has 0 bridgehead atoms. The fourth-order valence-corrected chi connectivity index (χ4v) is 3.76. The number of hydrogen-bond donors (Lipinski definition) is 0. The van der Waals surface area contributed by atoms with E-state index in [0.717, 1.165) is 24.5 Å². The van der Waals surface area contributed by atoms with Gasteiger partial charge in [0, 0.05) is 63.1 Å². The molecule has 0 saturated carbocycles. The van der Waals surface area contributed by atoms with Crippen molar-refractivity contribution in [2.75, 3.05) is 19.6 Å². The quantitative estimate of drug-likeness (QED) is 0.782. The molecule has 1 aromatic heterocycles. The van der Waals surface area contributed by atoms with Crippen molar-refractivity contribution in [1.82, 2.24) is 19.4 Å². The number of carbonyl (C=O) groups is 1. The number of carbonyl (C=O) groups excluding carboxylic acids is 1. The summed E-state index contributed by atoms with van der Waals surface area (Å²) in [5.74, 6) is 1.31. The van der Waals surface area contributed by atoms with Crippen molar-refractivity contribution in [3.8, 4) is 0 Å². The van der Waals surface area contributed by atoms with Crippen molar-refractivity contribution in [3.63, 3.8) is 0 Å². The average molecular weight is 372 g/mol. The maximum atomic E-state index is 14.0. The molecule has 0 spiro atoms. The lowest BCUT2D eigenvalue weighted by Crippen LogP contribution is -2.56. The molecule has 0 aliphatic carbocycles. The molecule has 1 aliphatic rings. The van der Waals surface area contributed by atoms with Crippen LogP contribution in [0.2, 0.25) is 0 Å². The van der Waals surface area contributed by atoms with E-state index in [1.807, 2.05) is 34.7 Å². The van der Waals surface area contributed by atoms with E-state index in [0.29, 0.717) is 32.0 Å². The molecule has 1 atom stereocenters. The summed E-state index contributed by atoms with van der Waals surface area (Å²) in [4.78, 5) is 21.3. The number of aromatic nitrogens is 2. The minimum Gasteiger partial charge on any atom is -0.337 e. The highest BCUT2D eigenvalue weighted by molar-refractivity contribution is 5.76. The lowest BCUT2D eigenvalue weighted by molar-refractivity contribution is -0.137. The van der Waals surface area contributed by atoms with E-state index in [1.54, 1.807) is 12.3 Å². The first-order valence-corrected chi connectivity index (χ1v) is 9.68. The lowest BCUT2D eigenvalue weighted by Gasteiger charge is -2.43. The summed E-state index contributed by atoms with van der Waals surface area (Å²) < 4.78 is 16.0. The fourth-order valence-electron chi connectivity index (χ4n) is 3.76. The molecule has 5 nitrogen and oxygen atoms in total. The molecule has 146 valence electrons. The van der Waals surface area contributed by atoms with E-state index < -0.39 is 0 Å². The summed E-state index contributed by atoms with van der Waals surface area (Å²) in [6, 6.07) is 7.09. The summed E-state index contributed by atoms with van der Waals surface area (Å²) in [7, 11) is 0. The molecule has 1 aromatic carbocycles. The normalized spacial score (nSPS) is 18.3. The SMILES string of the molecule is Cc1nccn1CCC(=O)N1CCN(Cc2ccccc2F)C[C@@H]1C(C)C. The first-order valence-electron chi connectivity index (χ1n) is 9.68. The molecular formula is C21H29FN4O.